The third-order valence-electron chi connectivity index (χ3n) is 3.88. The molecule has 1 aromatic rings. The summed E-state index contributed by atoms with van der Waals surface area (Å²) in [6.07, 6.45) is 4.51. The van der Waals surface area contributed by atoms with E-state index in [0.717, 1.165) is 43.9 Å². The van der Waals surface area contributed by atoms with Crippen molar-refractivity contribution in [3.05, 3.63) is 21.9 Å². The zero-order valence-electron chi connectivity index (χ0n) is 12.7. The number of nitrogens with zero attached hydrogens (tertiary/aromatic N) is 1. The molecular weight excluding hydrogens is 268 g/mol. The second-order valence-corrected chi connectivity index (χ2v) is 6.75. The van der Waals surface area contributed by atoms with E-state index in [4.69, 9.17) is 0 Å². The lowest BCUT2D eigenvalue weighted by atomic mass is 9.99. The quantitative estimate of drug-likeness (QED) is 0.874. The van der Waals surface area contributed by atoms with Crippen molar-refractivity contribution in [1.82, 2.24) is 10.2 Å². The summed E-state index contributed by atoms with van der Waals surface area (Å²) in [7, 11) is 0. The van der Waals surface area contributed by atoms with Crippen LogP contribution in [0.2, 0.25) is 0 Å². The summed E-state index contributed by atoms with van der Waals surface area (Å²) in [5.41, 5.74) is 0. The number of hydrogen-bond donors (Lipinski definition) is 1. The number of hydrogen-bond acceptors (Lipinski definition) is 3. The van der Waals surface area contributed by atoms with Gasteiger partial charge in [0.15, 0.2) is 0 Å². The summed E-state index contributed by atoms with van der Waals surface area (Å²) in [5.74, 6) is 0.840. The fourth-order valence-electron chi connectivity index (χ4n) is 2.78. The maximum atomic E-state index is 12.7. The molecule has 0 radical (unpaired) electrons. The topological polar surface area (TPSA) is 32.3 Å². The van der Waals surface area contributed by atoms with Crippen molar-refractivity contribution in [3.8, 4) is 0 Å². The van der Waals surface area contributed by atoms with Gasteiger partial charge < -0.3 is 10.2 Å². The second kappa shape index (κ2) is 7.79. The van der Waals surface area contributed by atoms with Crippen LogP contribution in [-0.4, -0.2) is 37.0 Å². The molecule has 4 heteroatoms. The van der Waals surface area contributed by atoms with E-state index in [9.17, 15) is 4.79 Å². The highest BCUT2D eigenvalue weighted by Gasteiger charge is 2.22. The lowest BCUT2D eigenvalue weighted by molar-refractivity contribution is 0.0723. The van der Waals surface area contributed by atoms with Crippen molar-refractivity contribution in [2.24, 2.45) is 5.92 Å². The van der Waals surface area contributed by atoms with Crippen molar-refractivity contribution in [1.29, 1.82) is 0 Å². The molecule has 1 fully saturated rings. The Balaban J connectivity index is 2.00. The zero-order valence-corrected chi connectivity index (χ0v) is 13.5. The monoisotopic (exact) mass is 294 g/mol. The van der Waals surface area contributed by atoms with E-state index in [0.29, 0.717) is 5.92 Å². The minimum absolute atomic E-state index is 0.224. The standard InChI is InChI=1S/C16H26N2OS/c1-3-10-18(12-13-6-5-9-17-11-13)16(19)15-8-7-14(4-2)20-15/h7-8,13,17H,3-6,9-12H2,1-2H3. The van der Waals surface area contributed by atoms with Gasteiger partial charge in [0.2, 0.25) is 0 Å². The van der Waals surface area contributed by atoms with Crippen LogP contribution in [0.25, 0.3) is 0 Å². The van der Waals surface area contributed by atoms with Crippen LogP contribution >= 0.6 is 11.3 Å². The van der Waals surface area contributed by atoms with Gasteiger partial charge in [0.05, 0.1) is 4.88 Å². The van der Waals surface area contributed by atoms with Crippen LogP contribution in [0.5, 0.6) is 0 Å². The van der Waals surface area contributed by atoms with Gasteiger partial charge >= 0.3 is 0 Å². The Kier molecular flexibility index (Phi) is 6.05. The molecule has 1 saturated heterocycles. The lowest BCUT2D eigenvalue weighted by Crippen LogP contribution is -2.41. The molecule has 1 unspecified atom stereocenters. The number of aryl methyl sites for hydroxylation is 1. The molecule has 0 saturated carbocycles. The minimum atomic E-state index is 0.224. The van der Waals surface area contributed by atoms with E-state index >= 15 is 0 Å². The third kappa shape index (κ3) is 4.06. The van der Waals surface area contributed by atoms with Crippen LogP contribution in [0, 0.1) is 5.92 Å². The first-order valence-corrected chi connectivity index (χ1v) is 8.65. The Bertz CT molecular complexity index is 424. The van der Waals surface area contributed by atoms with Crippen LogP contribution in [0.15, 0.2) is 12.1 Å². The van der Waals surface area contributed by atoms with Crippen molar-refractivity contribution in [2.75, 3.05) is 26.2 Å². The summed E-state index contributed by atoms with van der Waals surface area (Å²) in [4.78, 5) is 16.9. The SMILES string of the molecule is CCCN(CC1CCCNC1)C(=O)c1ccc(CC)s1. The third-order valence-corrected chi connectivity index (χ3v) is 5.10. The number of amides is 1. The molecule has 1 aromatic heterocycles. The van der Waals surface area contributed by atoms with Crippen LogP contribution in [0.3, 0.4) is 0 Å². The highest BCUT2D eigenvalue weighted by molar-refractivity contribution is 7.14. The van der Waals surface area contributed by atoms with Crippen LogP contribution in [0.4, 0.5) is 0 Å². The Morgan fingerprint density at radius 1 is 1.45 bits per heavy atom. The molecule has 0 aliphatic carbocycles. The predicted octanol–water partition coefficient (Wildman–Crippen LogP) is 3.16. The van der Waals surface area contributed by atoms with Gasteiger partial charge in [-0.3, -0.25) is 4.79 Å². The van der Waals surface area contributed by atoms with Gasteiger partial charge in [0, 0.05) is 18.0 Å². The highest BCUT2D eigenvalue weighted by Crippen LogP contribution is 2.20. The molecular formula is C16H26N2OS. The van der Waals surface area contributed by atoms with Crippen molar-refractivity contribution >= 4 is 17.2 Å². The molecule has 1 N–H and O–H groups in total. The predicted molar refractivity (Wildman–Crippen MR) is 85.5 cm³/mol. The van der Waals surface area contributed by atoms with Crippen LogP contribution in [-0.2, 0) is 6.42 Å². The first-order valence-electron chi connectivity index (χ1n) is 7.83. The highest BCUT2D eigenvalue weighted by atomic mass is 32.1. The smallest absolute Gasteiger partial charge is 0.263 e. The fraction of sp³-hybridized carbons (Fsp3) is 0.688. The van der Waals surface area contributed by atoms with Crippen molar-refractivity contribution < 1.29 is 4.79 Å². The second-order valence-electron chi connectivity index (χ2n) is 5.58. The van der Waals surface area contributed by atoms with Crippen molar-refractivity contribution in [2.45, 2.75) is 39.5 Å². The maximum absolute atomic E-state index is 12.7. The average Bonchev–Trinajstić information content (AvgIpc) is 2.96. The molecule has 2 heterocycles. The normalized spacial score (nSPS) is 19.0. The van der Waals surface area contributed by atoms with E-state index < -0.39 is 0 Å². The van der Waals surface area contributed by atoms with Crippen LogP contribution in [0.1, 0.15) is 47.7 Å². The summed E-state index contributed by atoms with van der Waals surface area (Å²) in [5, 5.41) is 3.44. The Morgan fingerprint density at radius 2 is 2.30 bits per heavy atom. The number of rotatable bonds is 6. The Labute approximate surface area is 126 Å². The van der Waals surface area contributed by atoms with E-state index in [1.54, 1.807) is 11.3 Å². The van der Waals surface area contributed by atoms with Gasteiger partial charge in [0.1, 0.15) is 0 Å². The van der Waals surface area contributed by atoms with E-state index in [1.165, 1.54) is 17.7 Å². The Morgan fingerprint density at radius 3 is 2.90 bits per heavy atom. The number of thiophene rings is 1. The lowest BCUT2D eigenvalue weighted by Gasteiger charge is -2.29. The molecule has 0 bridgehead atoms. The summed E-state index contributed by atoms with van der Waals surface area (Å²) >= 11 is 1.65. The van der Waals surface area contributed by atoms with Crippen molar-refractivity contribution in [3.63, 3.8) is 0 Å². The minimum Gasteiger partial charge on any atom is -0.338 e. The molecule has 1 aliphatic heterocycles. The molecule has 3 nitrogen and oxygen atoms in total. The molecule has 20 heavy (non-hydrogen) atoms. The number of carbonyl (C=O) groups excluding carboxylic acids is 1. The molecule has 112 valence electrons. The summed E-state index contributed by atoms with van der Waals surface area (Å²) < 4.78 is 0. The first kappa shape index (κ1) is 15.5. The number of piperidine rings is 1. The molecule has 1 aliphatic rings. The van der Waals surface area contributed by atoms with Crippen LogP contribution < -0.4 is 5.32 Å². The fourth-order valence-corrected chi connectivity index (χ4v) is 3.69. The number of nitrogens with one attached hydrogen (secondary N) is 1. The molecule has 0 aromatic carbocycles. The number of carbonyl (C=O) groups is 1. The maximum Gasteiger partial charge on any atom is 0.263 e. The van der Waals surface area contributed by atoms with Gasteiger partial charge in [0.25, 0.3) is 5.91 Å². The molecule has 0 spiro atoms. The summed E-state index contributed by atoms with van der Waals surface area (Å²) in [6, 6.07) is 4.08. The van der Waals surface area contributed by atoms with Gasteiger partial charge in [-0.05, 0) is 56.8 Å². The largest absolute Gasteiger partial charge is 0.338 e. The van der Waals surface area contributed by atoms with E-state index in [2.05, 4.69) is 30.1 Å². The van der Waals surface area contributed by atoms with Gasteiger partial charge in [-0.1, -0.05) is 13.8 Å². The average molecular weight is 294 g/mol. The van der Waals surface area contributed by atoms with Gasteiger partial charge in [-0.15, -0.1) is 11.3 Å². The first-order chi connectivity index (χ1) is 9.74. The Hall–Kier alpha value is -0.870. The van der Waals surface area contributed by atoms with Gasteiger partial charge in [-0.25, -0.2) is 0 Å². The molecule has 1 atom stereocenters. The van der Waals surface area contributed by atoms with Gasteiger partial charge in [-0.2, -0.15) is 0 Å². The molecule has 1 amide bonds. The van der Waals surface area contributed by atoms with E-state index in [1.807, 2.05) is 6.07 Å². The molecule has 2 rings (SSSR count). The summed E-state index contributed by atoms with van der Waals surface area (Å²) in [6.45, 7) is 8.23. The van der Waals surface area contributed by atoms with E-state index in [-0.39, 0.29) is 5.91 Å². The zero-order chi connectivity index (χ0) is 14.4.